The number of nitrogens with zero attached hydrogens (tertiary/aromatic N) is 1. The second-order valence-corrected chi connectivity index (χ2v) is 5.59. The molecule has 1 heterocycles. The molecule has 0 unspecified atom stereocenters. The van der Waals surface area contributed by atoms with Crippen molar-refractivity contribution < 1.29 is 0 Å². The molecule has 0 saturated carbocycles. The predicted molar refractivity (Wildman–Crippen MR) is 70.1 cm³/mol. The quantitative estimate of drug-likeness (QED) is 0.862. The maximum absolute atomic E-state index is 11.8. The molecule has 2 rings (SSSR count). The zero-order valence-electron chi connectivity index (χ0n) is 10.6. The minimum Gasteiger partial charge on any atom is -0.319 e. The van der Waals surface area contributed by atoms with Gasteiger partial charge < -0.3 is 4.98 Å². The second kappa shape index (κ2) is 4.32. The fraction of sp³-hybridized carbons (Fsp3) is 0.429. The van der Waals surface area contributed by atoms with E-state index in [1.165, 1.54) is 0 Å². The molecule has 2 aromatic rings. The van der Waals surface area contributed by atoms with Gasteiger partial charge in [0.2, 0.25) is 0 Å². The molecule has 0 fully saturated rings. The van der Waals surface area contributed by atoms with Gasteiger partial charge in [0, 0.05) is 0 Å². The molecule has 0 aliphatic rings. The van der Waals surface area contributed by atoms with Crippen molar-refractivity contribution in [2.75, 3.05) is 0 Å². The Balaban J connectivity index is 2.35. The van der Waals surface area contributed by atoms with Gasteiger partial charge in [-0.05, 0) is 30.4 Å². The van der Waals surface area contributed by atoms with Gasteiger partial charge in [-0.15, -0.1) is 0 Å². The summed E-state index contributed by atoms with van der Waals surface area (Å²) in [5, 5.41) is 0. The summed E-state index contributed by atoms with van der Waals surface area (Å²) in [5.74, 6) is 0. The Labute approximate surface area is 101 Å². The number of hydrogen-bond donors (Lipinski definition) is 1. The number of aryl methyl sites for hydroxylation is 1. The van der Waals surface area contributed by atoms with Crippen molar-refractivity contribution in [3.63, 3.8) is 0 Å². The summed E-state index contributed by atoms with van der Waals surface area (Å²) in [5.41, 5.74) is 2.46. The molecule has 0 aliphatic carbocycles. The Hall–Kier alpha value is -1.64. The first-order valence-corrected chi connectivity index (χ1v) is 5.94. The monoisotopic (exact) mass is 230 g/mol. The number of para-hydroxylation sites is 2. The third-order valence-electron chi connectivity index (χ3n) is 2.78. The summed E-state index contributed by atoms with van der Waals surface area (Å²) < 4.78 is 0. The molecule has 3 nitrogen and oxygen atoms in total. The van der Waals surface area contributed by atoms with Crippen LogP contribution < -0.4 is 5.56 Å². The van der Waals surface area contributed by atoms with Gasteiger partial charge in [-0.2, -0.15) is 0 Å². The number of fused-ring (bicyclic) bond motifs is 1. The van der Waals surface area contributed by atoms with Gasteiger partial charge in [-0.25, -0.2) is 4.98 Å². The largest absolute Gasteiger partial charge is 0.319 e. The van der Waals surface area contributed by atoms with E-state index in [-0.39, 0.29) is 11.0 Å². The topological polar surface area (TPSA) is 45.8 Å². The zero-order valence-corrected chi connectivity index (χ0v) is 10.6. The molecule has 0 amide bonds. The first-order chi connectivity index (χ1) is 7.96. The average molecular weight is 230 g/mol. The second-order valence-electron chi connectivity index (χ2n) is 5.59. The normalized spacial score (nSPS) is 11.9. The van der Waals surface area contributed by atoms with Crippen LogP contribution in [0.4, 0.5) is 0 Å². The number of hydrogen-bond acceptors (Lipinski definition) is 2. The summed E-state index contributed by atoms with van der Waals surface area (Å²) in [6.45, 7) is 6.51. The molecule has 0 bridgehead atoms. The Morgan fingerprint density at radius 3 is 2.65 bits per heavy atom. The van der Waals surface area contributed by atoms with Gasteiger partial charge in [-0.3, -0.25) is 4.79 Å². The van der Waals surface area contributed by atoms with Crippen LogP contribution in [-0.2, 0) is 6.42 Å². The molecule has 1 aromatic carbocycles. The SMILES string of the molecule is CC(C)(C)CCc1nc2ccccc2[nH]c1=O. The van der Waals surface area contributed by atoms with E-state index in [0.29, 0.717) is 5.69 Å². The third kappa shape index (κ3) is 2.93. The first-order valence-electron chi connectivity index (χ1n) is 5.94. The summed E-state index contributed by atoms with van der Waals surface area (Å²) in [4.78, 5) is 19.1. The van der Waals surface area contributed by atoms with Crippen molar-refractivity contribution >= 4 is 11.0 Å². The van der Waals surface area contributed by atoms with Crippen LogP contribution in [0, 0.1) is 5.41 Å². The maximum atomic E-state index is 11.8. The van der Waals surface area contributed by atoms with Crippen LogP contribution in [0.15, 0.2) is 29.1 Å². The number of H-pyrrole nitrogens is 1. The molecular formula is C14H18N2O. The van der Waals surface area contributed by atoms with E-state index in [2.05, 4.69) is 30.7 Å². The fourth-order valence-corrected chi connectivity index (χ4v) is 1.73. The number of aromatic nitrogens is 2. The standard InChI is InChI=1S/C14H18N2O/c1-14(2,3)9-8-12-13(17)16-11-7-5-4-6-10(11)15-12/h4-7H,8-9H2,1-3H3,(H,16,17). The highest BCUT2D eigenvalue weighted by atomic mass is 16.1. The van der Waals surface area contributed by atoms with Crippen molar-refractivity contribution in [2.24, 2.45) is 5.41 Å². The molecule has 1 N–H and O–H groups in total. The number of aromatic amines is 1. The van der Waals surface area contributed by atoms with E-state index in [0.717, 1.165) is 23.9 Å². The molecule has 3 heteroatoms. The number of benzene rings is 1. The van der Waals surface area contributed by atoms with Crippen LogP contribution in [0.25, 0.3) is 11.0 Å². The lowest BCUT2D eigenvalue weighted by molar-refractivity contribution is 0.376. The van der Waals surface area contributed by atoms with E-state index < -0.39 is 0 Å². The van der Waals surface area contributed by atoms with Crippen molar-refractivity contribution in [1.29, 1.82) is 0 Å². The molecule has 0 saturated heterocycles. The Bertz CT molecular complexity index is 579. The molecule has 0 radical (unpaired) electrons. The molecule has 0 atom stereocenters. The maximum Gasteiger partial charge on any atom is 0.270 e. The number of nitrogens with one attached hydrogen (secondary N) is 1. The molecule has 17 heavy (non-hydrogen) atoms. The van der Waals surface area contributed by atoms with Crippen LogP contribution in [0.5, 0.6) is 0 Å². The molecule has 90 valence electrons. The summed E-state index contributed by atoms with van der Waals surface area (Å²) >= 11 is 0. The van der Waals surface area contributed by atoms with Gasteiger partial charge in [-0.1, -0.05) is 32.9 Å². The Morgan fingerprint density at radius 1 is 1.24 bits per heavy atom. The highest BCUT2D eigenvalue weighted by Gasteiger charge is 2.12. The molecule has 1 aromatic heterocycles. The van der Waals surface area contributed by atoms with Crippen molar-refractivity contribution in [2.45, 2.75) is 33.6 Å². The first kappa shape index (κ1) is 11.8. The zero-order chi connectivity index (χ0) is 12.5. The van der Waals surface area contributed by atoms with Crippen LogP contribution in [0.1, 0.15) is 32.9 Å². The smallest absolute Gasteiger partial charge is 0.270 e. The molecular weight excluding hydrogens is 212 g/mol. The van der Waals surface area contributed by atoms with E-state index in [1.807, 2.05) is 24.3 Å². The summed E-state index contributed by atoms with van der Waals surface area (Å²) in [7, 11) is 0. The highest BCUT2D eigenvalue weighted by Crippen LogP contribution is 2.20. The average Bonchev–Trinajstić information content (AvgIpc) is 2.25. The minimum atomic E-state index is -0.0621. The Morgan fingerprint density at radius 2 is 1.94 bits per heavy atom. The summed E-state index contributed by atoms with van der Waals surface area (Å²) in [6.07, 6.45) is 1.69. The van der Waals surface area contributed by atoms with Gasteiger partial charge in [0.25, 0.3) is 5.56 Å². The van der Waals surface area contributed by atoms with Crippen molar-refractivity contribution in [3.8, 4) is 0 Å². The van der Waals surface area contributed by atoms with E-state index >= 15 is 0 Å². The predicted octanol–water partition coefficient (Wildman–Crippen LogP) is 2.90. The molecule has 0 aliphatic heterocycles. The van der Waals surface area contributed by atoms with Crippen LogP contribution in [0.3, 0.4) is 0 Å². The third-order valence-corrected chi connectivity index (χ3v) is 2.78. The molecule has 0 spiro atoms. The lowest BCUT2D eigenvalue weighted by Gasteiger charge is -2.17. The van der Waals surface area contributed by atoms with Crippen LogP contribution in [-0.4, -0.2) is 9.97 Å². The van der Waals surface area contributed by atoms with Gasteiger partial charge in [0.15, 0.2) is 0 Å². The van der Waals surface area contributed by atoms with Crippen molar-refractivity contribution in [3.05, 3.63) is 40.3 Å². The van der Waals surface area contributed by atoms with E-state index in [4.69, 9.17) is 0 Å². The Kier molecular flexibility index (Phi) is 3.01. The number of rotatable bonds is 2. The van der Waals surface area contributed by atoms with Crippen LogP contribution >= 0.6 is 0 Å². The lowest BCUT2D eigenvalue weighted by atomic mass is 9.90. The summed E-state index contributed by atoms with van der Waals surface area (Å²) in [6, 6.07) is 7.62. The fourth-order valence-electron chi connectivity index (χ4n) is 1.73. The highest BCUT2D eigenvalue weighted by molar-refractivity contribution is 5.73. The van der Waals surface area contributed by atoms with Crippen LogP contribution in [0.2, 0.25) is 0 Å². The van der Waals surface area contributed by atoms with Gasteiger partial charge >= 0.3 is 0 Å². The van der Waals surface area contributed by atoms with Gasteiger partial charge in [0.05, 0.1) is 11.0 Å². The van der Waals surface area contributed by atoms with E-state index in [1.54, 1.807) is 0 Å². The lowest BCUT2D eigenvalue weighted by Crippen LogP contribution is -2.17. The minimum absolute atomic E-state index is 0.0621. The van der Waals surface area contributed by atoms with Gasteiger partial charge in [0.1, 0.15) is 5.69 Å². The van der Waals surface area contributed by atoms with Crippen molar-refractivity contribution in [1.82, 2.24) is 9.97 Å². The van der Waals surface area contributed by atoms with E-state index in [9.17, 15) is 4.79 Å².